The summed E-state index contributed by atoms with van der Waals surface area (Å²) >= 11 is 0. The summed E-state index contributed by atoms with van der Waals surface area (Å²) in [5, 5.41) is 13.8. The van der Waals surface area contributed by atoms with Gasteiger partial charge in [0.1, 0.15) is 5.82 Å². The van der Waals surface area contributed by atoms with Crippen molar-refractivity contribution in [2.45, 2.75) is 19.4 Å². The van der Waals surface area contributed by atoms with Gasteiger partial charge in [0.2, 0.25) is 0 Å². The lowest BCUT2D eigenvalue weighted by molar-refractivity contribution is -0.136. The van der Waals surface area contributed by atoms with Crippen LogP contribution in [-0.2, 0) is 4.79 Å². The van der Waals surface area contributed by atoms with E-state index in [-0.39, 0.29) is 19.0 Å². The minimum Gasteiger partial charge on any atom is -0.481 e. The second kappa shape index (κ2) is 7.26. The van der Waals surface area contributed by atoms with Crippen LogP contribution in [0.4, 0.5) is 4.79 Å². The number of hydrogen-bond acceptors (Lipinski definition) is 3. The fourth-order valence-corrected chi connectivity index (χ4v) is 2.04. The molecule has 0 aliphatic carbocycles. The topological polar surface area (TPSA) is 96.2 Å². The van der Waals surface area contributed by atoms with Crippen molar-refractivity contribution in [1.29, 1.82) is 0 Å². The second-order valence-electron chi connectivity index (χ2n) is 4.76. The third-order valence-electron chi connectivity index (χ3n) is 3.06. The molecule has 0 radical (unpaired) electrons. The van der Waals surface area contributed by atoms with Gasteiger partial charge in [-0.25, -0.2) is 9.78 Å². The average Bonchev–Trinajstić information content (AvgIpc) is 2.97. The lowest BCUT2D eigenvalue weighted by Crippen LogP contribution is -2.38. The molecule has 2 aromatic rings. The van der Waals surface area contributed by atoms with Gasteiger partial charge in [-0.15, -0.1) is 0 Å². The van der Waals surface area contributed by atoms with Crippen LogP contribution in [0.25, 0.3) is 5.69 Å². The van der Waals surface area contributed by atoms with Crippen molar-refractivity contribution in [3.63, 3.8) is 0 Å². The molecule has 0 bridgehead atoms. The van der Waals surface area contributed by atoms with E-state index in [0.717, 1.165) is 5.69 Å². The molecule has 116 valence electrons. The van der Waals surface area contributed by atoms with Crippen LogP contribution in [0.1, 0.15) is 25.2 Å². The van der Waals surface area contributed by atoms with E-state index < -0.39 is 12.0 Å². The van der Waals surface area contributed by atoms with Crippen molar-refractivity contribution in [2.24, 2.45) is 0 Å². The first-order valence-corrected chi connectivity index (χ1v) is 6.92. The van der Waals surface area contributed by atoms with Crippen LogP contribution in [0.5, 0.6) is 0 Å². The SMILES string of the molecule is CC(NC(=O)NCCC(=O)O)c1nccn1-c1ccccc1. The number of carboxylic acid groups (broad SMARTS) is 1. The summed E-state index contributed by atoms with van der Waals surface area (Å²) in [7, 11) is 0. The van der Waals surface area contributed by atoms with Gasteiger partial charge in [-0.1, -0.05) is 18.2 Å². The maximum absolute atomic E-state index is 11.7. The Bertz CT molecular complexity index is 639. The highest BCUT2D eigenvalue weighted by molar-refractivity contribution is 5.75. The maximum atomic E-state index is 11.7. The van der Waals surface area contributed by atoms with Gasteiger partial charge in [-0.2, -0.15) is 0 Å². The normalized spacial score (nSPS) is 11.7. The Balaban J connectivity index is 1.99. The number of aliphatic carboxylic acids is 1. The van der Waals surface area contributed by atoms with Crippen molar-refractivity contribution in [3.8, 4) is 5.69 Å². The molecule has 1 atom stereocenters. The van der Waals surface area contributed by atoms with Crippen LogP contribution >= 0.6 is 0 Å². The van der Waals surface area contributed by atoms with Gasteiger partial charge < -0.3 is 20.3 Å². The zero-order chi connectivity index (χ0) is 15.9. The predicted molar refractivity (Wildman–Crippen MR) is 80.8 cm³/mol. The molecule has 3 N–H and O–H groups in total. The van der Waals surface area contributed by atoms with E-state index in [9.17, 15) is 9.59 Å². The second-order valence-corrected chi connectivity index (χ2v) is 4.76. The highest BCUT2D eigenvalue weighted by Gasteiger charge is 2.15. The molecule has 0 saturated heterocycles. The van der Waals surface area contributed by atoms with Gasteiger partial charge in [0.15, 0.2) is 0 Å². The molecule has 2 amide bonds. The van der Waals surface area contributed by atoms with E-state index in [0.29, 0.717) is 5.82 Å². The van der Waals surface area contributed by atoms with Gasteiger partial charge >= 0.3 is 12.0 Å². The highest BCUT2D eigenvalue weighted by atomic mass is 16.4. The number of benzene rings is 1. The summed E-state index contributed by atoms with van der Waals surface area (Å²) in [6.07, 6.45) is 3.38. The zero-order valence-corrected chi connectivity index (χ0v) is 12.2. The number of imidazole rings is 1. The largest absolute Gasteiger partial charge is 0.481 e. The van der Waals surface area contributed by atoms with Crippen molar-refractivity contribution >= 4 is 12.0 Å². The lowest BCUT2D eigenvalue weighted by Gasteiger charge is -2.16. The van der Waals surface area contributed by atoms with E-state index in [1.165, 1.54) is 0 Å². The van der Waals surface area contributed by atoms with Gasteiger partial charge in [0, 0.05) is 24.6 Å². The molecule has 2 rings (SSSR count). The molecule has 1 aromatic carbocycles. The number of aromatic nitrogens is 2. The Morgan fingerprint density at radius 3 is 2.73 bits per heavy atom. The number of para-hydroxylation sites is 1. The first kappa shape index (κ1) is 15.6. The lowest BCUT2D eigenvalue weighted by atomic mass is 10.2. The van der Waals surface area contributed by atoms with Crippen LogP contribution in [0.15, 0.2) is 42.7 Å². The number of hydrogen-bond donors (Lipinski definition) is 3. The van der Waals surface area contributed by atoms with Crippen molar-refractivity contribution in [1.82, 2.24) is 20.2 Å². The molecule has 1 aromatic heterocycles. The average molecular weight is 302 g/mol. The van der Waals surface area contributed by atoms with E-state index in [2.05, 4.69) is 15.6 Å². The summed E-state index contributed by atoms with van der Waals surface area (Å²) in [5.41, 5.74) is 0.954. The smallest absolute Gasteiger partial charge is 0.315 e. The Morgan fingerprint density at radius 1 is 1.32 bits per heavy atom. The van der Waals surface area contributed by atoms with Gasteiger partial charge in [0.25, 0.3) is 0 Å². The summed E-state index contributed by atoms with van der Waals surface area (Å²) < 4.78 is 1.89. The number of carbonyl (C=O) groups is 2. The number of urea groups is 1. The molecule has 0 aliphatic rings. The monoisotopic (exact) mass is 302 g/mol. The number of nitrogens with zero attached hydrogens (tertiary/aromatic N) is 2. The molecule has 1 unspecified atom stereocenters. The Kier molecular flexibility index (Phi) is 5.13. The van der Waals surface area contributed by atoms with Crippen molar-refractivity contribution in [3.05, 3.63) is 48.5 Å². The Morgan fingerprint density at radius 2 is 2.05 bits per heavy atom. The first-order chi connectivity index (χ1) is 10.6. The quantitative estimate of drug-likeness (QED) is 0.756. The van der Waals surface area contributed by atoms with Crippen LogP contribution in [0.3, 0.4) is 0 Å². The van der Waals surface area contributed by atoms with E-state index in [4.69, 9.17) is 5.11 Å². The van der Waals surface area contributed by atoms with Crippen molar-refractivity contribution < 1.29 is 14.7 Å². The van der Waals surface area contributed by atoms with E-state index in [1.54, 1.807) is 6.20 Å². The highest BCUT2D eigenvalue weighted by Crippen LogP contribution is 2.15. The fourth-order valence-electron chi connectivity index (χ4n) is 2.04. The molecule has 0 fully saturated rings. The Hall–Kier alpha value is -2.83. The van der Waals surface area contributed by atoms with Crippen molar-refractivity contribution in [2.75, 3.05) is 6.54 Å². The standard InChI is InChI=1S/C15H18N4O3/c1-11(18-15(22)17-8-7-13(20)21)14-16-9-10-19(14)12-5-3-2-4-6-12/h2-6,9-11H,7-8H2,1H3,(H,20,21)(H2,17,18,22). The Labute approximate surface area is 128 Å². The molecule has 0 saturated carbocycles. The molecule has 0 aliphatic heterocycles. The summed E-state index contributed by atoms with van der Waals surface area (Å²) in [6, 6.07) is 8.94. The molecular formula is C15H18N4O3. The number of amides is 2. The zero-order valence-electron chi connectivity index (χ0n) is 12.2. The van der Waals surface area contributed by atoms with E-state index in [1.807, 2.05) is 48.0 Å². The van der Waals surface area contributed by atoms with Crippen LogP contribution < -0.4 is 10.6 Å². The summed E-state index contributed by atoms with van der Waals surface area (Å²) in [4.78, 5) is 26.4. The minimum absolute atomic E-state index is 0.0843. The predicted octanol–water partition coefficient (Wildman–Crippen LogP) is 1.71. The molecule has 0 spiro atoms. The maximum Gasteiger partial charge on any atom is 0.315 e. The molecule has 22 heavy (non-hydrogen) atoms. The van der Waals surface area contributed by atoms with E-state index >= 15 is 0 Å². The third-order valence-corrected chi connectivity index (χ3v) is 3.06. The minimum atomic E-state index is -0.951. The fraction of sp³-hybridized carbons (Fsp3) is 0.267. The molecular weight excluding hydrogens is 284 g/mol. The van der Waals surface area contributed by atoms with Crippen LogP contribution in [0, 0.1) is 0 Å². The first-order valence-electron chi connectivity index (χ1n) is 6.92. The third kappa shape index (κ3) is 4.08. The number of carbonyl (C=O) groups excluding carboxylic acids is 1. The summed E-state index contributed by atoms with van der Waals surface area (Å²) in [5.74, 6) is -0.257. The van der Waals surface area contributed by atoms with Gasteiger partial charge in [-0.3, -0.25) is 4.79 Å². The van der Waals surface area contributed by atoms with Gasteiger partial charge in [0.05, 0.1) is 12.5 Å². The van der Waals surface area contributed by atoms with Crippen LogP contribution in [0.2, 0.25) is 0 Å². The molecule has 7 nitrogen and oxygen atoms in total. The summed E-state index contributed by atoms with van der Waals surface area (Å²) in [6.45, 7) is 1.90. The molecule has 7 heteroatoms. The van der Waals surface area contributed by atoms with Gasteiger partial charge in [-0.05, 0) is 19.1 Å². The molecule has 1 heterocycles. The number of rotatable bonds is 6. The van der Waals surface area contributed by atoms with Crippen LogP contribution in [-0.4, -0.2) is 33.2 Å². The number of nitrogens with one attached hydrogen (secondary N) is 2. The number of carboxylic acids is 1.